The molecule has 6 nitrogen and oxygen atoms in total. The number of rotatable bonds is 4. The summed E-state index contributed by atoms with van der Waals surface area (Å²) in [6.07, 6.45) is -5.20. The third-order valence-electron chi connectivity index (χ3n) is 3.54. The van der Waals surface area contributed by atoms with Crippen LogP contribution in [0, 0.1) is 3.57 Å². The first-order valence-corrected chi connectivity index (χ1v) is 8.82. The fourth-order valence-electron chi connectivity index (χ4n) is 2.07. The molecular weight excluding hydrogens is 511 g/mol. The Morgan fingerprint density at radius 1 is 0.862 bits per heavy atom. The maximum atomic E-state index is 12.4. The van der Waals surface area contributed by atoms with Crippen LogP contribution >= 0.6 is 22.6 Å². The van der Waals surface area contributed by atoms with Gasteiger partial charge in [0.2, 0.25) is 0 Å². The molecule has 0 bridgehead atoms. The maximum absolute atomic E-state index is 12.4. The van der Waals surface area contributed by atoms with Gasteiger partial charge in [0.25, 0.3) is 12.9 Å². The molecule has 2 aromatic carbocycles. The summed E-state index contributed by atoms with van der Waals surface area (Å²) in [7, 11) is 2.40. The summed E-state index contributed by atoms with van der Waals surface area (Å²) in [6.45, 7) is 0. The fraction of sp³-hybridized carbons (Fsp3) is 0.222. The molecule has 0 aromatic heterocycles. The van der Waals surface area contributed by atoms with Gasteiger partial charge in [-0.25, -0.2) is 27.2 Å². The van der Waals surface area contributed by atoms with Crippen LogP contribution in [0.2, 0.25) is 0 Å². The van der Waals surface area contributed by atoms with E-state index in [1.807, 2.05) is 0 Å². The molecule has 158 valence electrons. The minimum absolute atomic E-state index is 0.00225. The molecule has 29 heavy (non-hydrogen) atoms. The number of alkyl halides is 4. The highest BCUT2D eigenvalue weighted by molar-refractivity contribution is 14.1. The van der Waals surface area contributed by atoms with E-state index < -0.39 is 24.8 Å². The quantitative estimate of drug-likeness (QED) is 0.261. The molecule has 0 radical (unpaired) electrons. The van der Waals surface area contributed by atoms with E-state index in [2.05, 4.69) is 9.47 Å². The number of esters is 2. The topological polar surface area (TPSA) is 105 Å². The van der Waals surface area contributed by atoms with Crippen LogP contribution < -0.4 is 11.5 Å². The Morgan fingerprint density at radius 2 is 1.38 bits per heavy atom. The van der Waals surface area contributed by atoms with Crippen LogP contribution in [0.3, 0.4) is 0 Å². The lowest BCUT2D eigenvalue weighted by molar-refractivity contribution is 0.0592. The lowest BCUT2D eigenvalue weighted by Gasteiger charge is -2.08. The summed E-state index contributed by atoms with van der Waals surface area (Å²) in [6, 6.07) is 5.83. The van der Waals surface area contributed by atoms with E-state index in [1.54, 1.807) is 22.6 Å². The molecule has 0 heterocycles. The average molecular weight is 528 g/mol. The monoisotopic (exact) mass is 528 g/mol. The highest BCUT2D eigenvalue weighted by Crippen LogP contribution is 2.29. The second kappa shape index (κ2) is 10.8. The summed E-state index contributed by atoms with van der Waals surface area (Å²) >= 11 is 1.72. The van der Waals surface area contributed by atoms with Gasteiger partial charge in [0.05, 0.1) is 25.3 Å². The third-order valence-corrected chi connectivity index (χ3v) is 4.48. The van der Waals surface area contributed by atoms with E-state index in [4.69, 9.17) is 11.5 Å². The number of hydrogen-bond donors (Lipinski definition) is 2. The number of nitrogen functional groups attached to an aromatic ring is 2. The molecule has 2 aromatic rings. The van der Waals surface area contributed by atoms with Gasteiger partial charge in [-0.3, -0.25) is 0 Å². The molecule has 0 saturated heterocycles. The van der Waals surface area contributed by atoms with E-state index in [0.29, 0.717) is 0 Å². The molecule has 11 heteroatoms. The number of nitrogens with two attached hydrogens (primary N) is 2. The first-order chi connectivity index (χ1) is 13.5. The second-order valence-corrected chi connectivity index (χ2v) is 6.55. The van der Waals surface area contributed by atoms with Crippen molar-refractivity contribution in [3.05, 3.63) is 56.2 Å². The van der Waals surface area contributed by atoms with Crippen LogP contribution in [0.5, 0.6) is 0 Å². The van der Waals surface area contributed by atoms with Crippen LogP contribution in [-0.4, -0.2) is 26.2 Å². The summed E-state index contributed by atoms with van der Waals surface area (Å²) in [5.74, 6) is -1.27. The number of halogens is 5. The van der Waals surface area contributed by atoms with Gasteiger partial charge in [0.1, 0.15) is 0 Å². The summed E-state index contributed by atoms with van der Waals surface area (Å²) in [5, 5.41) is 0. The normalized spacial score (nSPS) is 10.4. The van der Waals surface area contributed by atoms with E-state index in [1.165, 1.54) is 26.4 Å². The van der Waals surface area contributed by atoms with Crippen molar-refractivity contribution < 1.29 is 36.6 Å². The highest BCUT2D eigenvalue weighted by atomic mass is 127. The molecule has 0 saturated carbocycles. The van der Waals surface area contributed by atoms with Crippen molar-refractivity contribution in [3.8, 4) is 0 Å². The molecule has 0 unspecified atom stereocenters. The van der Waals surface area contributed by atoms with E-state index in [9.17, 15) is 27.2 Å². The van der Waals surface area contributed by atoms with Crippen molar-refractivity contribution in [3.63, 3.8) is 0 Å². The zero-order valence-corrected chi connectivity index (χ0v) is 17.4. The van der Waals surface area contributed by atoms with Gasteiger partial charge in [-0.05, 0) is 46.9 Å². The molecule has 0 aliphatic rings. The van der Waals surface area contributed by atoms with Crippen molar-refractivity contribution in [1.82, 2.24) is 0 Å². The Morgan fingerprint density at radius 3 is 1.83 bits per heavy atom. The van der Waals surface area contributed by atoms with Gasteiger partial charge in [0, 0.05) is 26.1 Å². The standard InChI is InChI=1S/C9H8F2INO2.C9H9F2NO2/c1-15-9(14)5-2-6(12)4(8(10)11)3-7(5)13;1-14-9(13)6-3-2-5(8(10)11)4-7(6)12/h2-3,8H,13H2,1H3;2-4,8H,12H2,1H3. The van der Waals surface area contributed by atoms with E-state index >= 15 is 0 Å². The lowest BCUT2D eigenvalue weighted by Crippen LogP contribution is -2.07. The van der Waals surface area contributed by atoms with Gasteiger partial charge < -0.3 is 20.9 Å². The van der Waals surface area contributed by atoms with Gasteiger partial charge in [-0.1, -0.05) is 6.07 Å². The fourth-order valence-corrected chi connectivity index (χ4v) is 2.78. The number of carbonyl (C=O) groups excluding carboxylic acids is 2. The van der Waals surface area contributed by atoms with Crippen molar-refractivity contribution in [2.24, 2.45) is 0 Å². The van der Waals surface area contributed by atoms with Crippen LogP contribution in [0.4, 0.5) is 28.9 Å². The summed E-state index contributed by atoms with van der Waals surface area (Å²) in [5.41, 5.74) is 10.7. The molecular formula is C18H17F4IN2O4. The van der Waals surface area contributed by atoms with Crippen LogP contribution in [0.1, 0.15) is 44.7 Å². The number of benzene rings is 2. The molecule has 0 spiro atoms. The summed E-state index contributed by atoms with van der Waals surface area (Å²) < 4.78 is 58.4. The molecule has 0 fully saturated rings. The average Bonchev–Trinajstić information content (AvgIpc) is 2.68. The van der Waals surface area contributed by atoms with Crippen LogP contribution in [0.15, 0.2) is 30.3 Å². The zero-order chi connectivity index (χ0) is 22.3. The van der Waals surface area contributed by atoms with Crippen LogP contribution in [0.25, 0.3) is 0 Å². The number of methoxy groups -OCH3 is 2. The molecule has 0 aliphatic carbocycles. The molecule has 0 atom stereocenters. The largest absolute Gasteiger partial charge is 0.465 e. The Labute approximate surface area is 177 Å². The summed E-state index contributed by atoms with van der Waals surface area (Å²) in [4.78, 5) is 22.2. The second-order valence-electron chi connectivity index (χ2n) is 5.39. The Bertz CT molecular complexity index is 894. The van der Waals surface area contributed by atoms with Crippen molar-refractivity contribution >= 4 is 45.9 Å². The number of hydrogen-bond acceptors (Lipinski definition) is 6. The lowest BCUT2D eigenvalue weighted by atomic mass is 10.1. The maximum Gasteiger partial charge on any atom is 0.339 e. The Balaban J connectivity index is 0.000000291. The van der Waals surface area contributed by atoms with E-state index in [0.717, 1.165) is 18.2 Å². The Kier molecular flexibility index (Phi) is 9.14. The predicted octanol–water partition coefficient (Wildman–Crippen LogP) is 4.59. The van der Waals surface area contributed by atoms with Gasteiger partial charge in [-0.15, -0.1) is 0 Å². The van der Waals surface area contributed by atoms with Crippen molar-refractivity contribution in [2.75, 3.05) is 25.7 Å². The molecule has 0 aliphatic heterocycles. The molecule has 4 N–H and O–H groups in total. The third kappa shape index (κ3) is 6.48. The first-order valence-electron chi connectivity index (χ1n) is 7.74. The molecule has 2 rings (SSSR count). The molecule has 0 amide bonds. The Hall–Kier alpha value is -2.57. The number of ether oxygens (including phenoxy) is 2. The first kappa shape index (κ1) is 24.5. The van der Waals surface area contributed by atoms with Crippen molar-refractivity contribution in [1.29, 1.82) is 0 Å². The predicted molar refractivity (Wildman–Crippen MR) is 107 cm³/mol. The van der Waals surface area contributed by atoms with Gasteiger partial charge in [0.15, 0.2) is 0 Å². The van der Waals surface area contributed by atoms with Crippen molar-refractivity contribution in [2.45, 2.75) is 12.9 Å². The zero-order valence-electron chi connectivity index (χ0n) is 15.2. The number of carbonyl (C=O) groups is 2. The minimum atomic E-state index is -2.61. The SMILES string of the molecule is COC(=O)c1cc(I)c(C(F)F)cc1N.COC(=O)c1ccc(C(F)F)cc1N. The van der Waals surface area contributed by atoms with Gasteiger partial charge in [-0.2, -0.15) is 0 Å². The smallest absolute Gasteiger partial charge is 0.339 e. The van der Waals surface area contributed by atoms with Gasteiger partial charge >= 0.3 is 11.9 Å². The minimum Gasteiger partial charge on any atom is -0.465 e. The van der Waals surface area contributed by atoms with E-state index in [-0.39, 0.29) is 37.2 Å². The highest BCUT2D eigenvalue weighted by Gasteiger charge is 2.18. The number of anilines is 2. The van der Waals surface area contributed by atoms with Crippen LogP contribution in [-0.2, 0) is 9.47 Å².